The van der Waals surface area contributed by atoms with Gasteiger partial charge in [-0.05, 0) is 24.7 Å². The minimum absolute atomic E-state index is 0.283. The molecule has 126 valence electrons. The lowest BCUT2D eigenvalue weighted by atomic mass is 10.3. The fourth-order valence-electron chi connectivity index (χ4n) is 2.66. The average Bonchev–Trinajstić information content (AvgIpc) is 2.62. The van der Waals surface area contributed by atoms with Crippen molar-refractivity contribution < 1.29 is 4.79 Å². The van der Waals surface area contributed by atoms with Crippen LogP contribution in [0.2, 0.25) is 5.02 Å². The van der Waals surface area contributed by atoms with Gasteiger partial charge in [0.2, 0.25) is 0 Å². The molecular weight excluding hydrogens is 326 g/mol. The Bertz CT molecular complexity index is 698. The van der Waals surface area contributed by atoms with Gasteiger partial charge in [0, 0.05) is 36.9 Å². The normalized spacial score (nSPS) is 15.3. The number of carbonyl (C=O) groups is 1. The summed E-state index contributed by atoms with van der Waals surface area (Å²) in [6.07, 6.45) is 3.18. The van der Waals surface area contributed by atoms with E-state index in [1.165, 1.54) is 6.20 Å². The lowest BCUT2D eigenvalue weighted by molar-refractivity contribution is 0.102. The summed E-state index contributed by atoms with van der Waals surface area (Å²) in [7, 11) is 0. The number of piperazine rings is 1. The van der Waals surface area contributed by atoms with Crippen molar-refractivity contribution >= 4 is 29.0 Å². The zero-order chi connectivity index (χ0) is 16.9. The van der Waals surface area contributed by atoms with E-state index in [0.717, 1.165) is 38.5 Å². The van der Waals surface area contributed by atoms with Crippen LogP contribution in [0.15, 0.2) is 36.7 Å². The van der Waals surface area contributed by atoms with E-state index in [-0.39, 0.29) is 11.6 Å². The molecule has 3 rings (SSSR count). The van der Waals surface area contributed by atoms with Crippen molar-refractivity contribution in [3.63, 3.8) is 0 Å². The molecule has 1 aliphatic heterocycles. The lowest BCUT2D eigenvalue weighted by Crippen LogP contribution is -2.46. The second-order valence-electron chi connectivity index (χ2n) is 5.65. The molecular formula is C17H20ClN5O. The number of likely N-dealkylation sites (N-methyl/N-ethyl adjacent to an activating group) is 1. The van der Waals surface area contributed by atoms with Gasteiger partial charge in [-0.15, -0.1) is 0 Å². The molecule has 0 spiro atoms. The number of carbonyl (C=O) groups excluding carboxylic acids is 1. The minimum atomic E-state index is -0.299. The van der Waals surface area contributed by atoms with Crippen molar-refractivity contribution in [3.8, 4) is 0 Å². The highest BCUT2D eigenvalue weighted by Gasteiger charge is 2.17. The molecule has 0 saturated carbocycles. The zero-order valence-corrected chi connectivity index (χ0v) is 14.3. The highest BCUT2D eigenvalue weighted by atomic mass is 35.5. The molecule has 1 N–H and O–H groups in total. The average molecular weight is 346 g/mol. The van der Waals surface area contributed by atoms with Crippen LogP contribution in [0.1, 0.15) is 17.4 Å². The van der Waals surface area contributed by atoms with E-state index in [4.69, 9.17) is 11.6 Å². The van der Waals surface area contributed by atoms with E-state index in [2.05, 4.69) is 32.0 Å². The SMILES string of the molecule is CCN1CCN(c2cnc(C(=O)Nc3cccc(Cl)c3)cn2)CC1. The van der Waals surface area contributed by atoms with Crippen LogP contribution in [0.3, 0.4) is 0 Å². The van der Waals surface area contributed by atoms with E-state index < -0.39 is 0 Å². The molecule has 7 heteroatoms. The molecule has 1 fully saturated rings. The Hall–Kier alpha value is -2.18. The Morgan fingerprint density at radius 1 is 1.21 bits per heavy atom. The van der Waals surface area contributed by atoms with Crippen molar-refractivity contribution in [2.24, 2.45) is 0 Å². The van der Waals surface area contributed by atoms with Crippen LogP contribution in [0, 0.1) is 0 Å². The summed E-state index contributed by atoms with van der Waals surface area (Å²) in [4.78, 5) is 25.4. The first-order valence-electron chi connectivity index (χ1n) is 8.02. The quantitative estimate of drug-likeness (QED) is 0.922. The highest BCUT2D eigenvalue weighted by molar-refractivity contribution is 6.30. The first kappa shape index (κ1) is 16.7. The third-order valence-electron chi connectivity index (χ3n) is 4.10. The number of aromatic nitrogens is 2. The summed E-state index contributed by atoms with van der Waals surface area (Å²) in [5.74, 6) is 0.511. The highest BCUT2D eigenvalue weighted by Crippen LogP contribution is 2.16. The van der Waals surface area contributed by atoms with Gasteiger partial charge in [0.25, 0.3) is 5.91 Å². The van der Waals surface area contributed by atoms with E-state index in [0.29, 0.717) is 10.7 Å². The predicted molar refractivity (Wildman–Crippen MR) is 95.8 cm³/mol. The molecule has 0 radical (unpaired) electrons. The van der Waals surface area contributed by atoms with Crippen LogP contribution in [0.4, 0.5) is 11.5 Å². The zero-order valence-electron chi connectivity index (χ0n) is 13.6. The van der Waals surface area contributed by atoms with E-state index >= 15 is 0 Å². The molecule has 1 aliphatic rings. The van der Waals surface area contributed by atoms with Crippen LogP contribution < -0.4 is 10.2 Å². The van der Waals surface area contributed by atoms with Crippen LogP contribution in [0.25, 0.3) is 0 Å². The van der Waals surface area contributed by atoms with Crippen LogP contribution in [-0.4, -0.2) is 53.5 Å². The Morgan fingerprint density at radius 3 is 2.62 bits per heavy atom. The monoisotopic (exact) mass is 345 g/mol. The largest absolute Gasteiger partial charge is 0.353 e. The molecule has 0 bridgehead atoms. The van der Waals surface area contributed by atoms with Crippen molar-refractivity contribution in [2.75, 3.05) is 42.9 Å². The molecule has 24 heavy (non-hydrogen) atoms. The second kappa shape index (κ2) is 7.59. The summed E-state index contributed by atoms with van der Waals surface area (Å²) in [5.41, 5.74) is 0.917. The molecule has 0 unspecified atom stereocenters. The van der Waals surface area contributed by atoms with Crippen LogP contribution in [0.5, 0.6) is 0 Å². The molecule has 1 saturated heterocycles. The van der Waals surface area contributed by atoms with Crippen molar-refractivity contribution in [1.29, 1.82) is 0 Å². The Kier molecular flexibility index (Phi) is 5.27. The fourth-order valence-corrected chi connectivity index (χ4v) is 2.85. The van der Waals surface area contributed by atoms with E-state index in [1.54, 1.807) is 30.5 Å². The molecule has 2 aromatic rings. The van der Waals surface area contributed by atoms with Gasteiger partial charge in [-0.25, -0.2) is 9.97 Å². The van der Waals surface area contributed by atoms with Crippen LogP contribution >= 0.6 is 11.6 Å². The maximum absolute atomic E-state index is 12.2. The van der Waals surface area contributed by atoms with Gasteiger partial charge in [0.1, 0.15) is 11.5 Å². The second-order valence-corrected chi connectivity index (χ2v) is 6.08. The molecule has 0 atom stereocenters. The Balaban J connectivity index is 1.63. The Morgan fingerprint density at radius 2 is 2.00 bits per heavy atom. The minimum Gasteiger partial charge on any atom is -0.353 e. The standard InChI is InChI=1S/C17H20ClN5O/c1-2-22-6-8-23(9-7-22)16-12-19-15(11-20-16)17(24)21-14-5-3-4-13(18)10-14/h3-5,10-12H,2,6-9H2,1H3,(H,21,24). The summed E-state index contributed by atoms with van der Waals surface area (Å²) in [6, 6.07) is 7.00. The third kappa shape index (κ3) is 4.01. The van der Waals surface area contributed by atoms with Gasteiger partial charge >= 0.3 is 0 Å². The predicted octanol–water partition coefficient (Wildman–Crippen LogP) is 2.52. The van der Waals surface area contributed by atoms with Gasteiger partial charge in [-0.2, -0.15) is 0 Å². The molecule has 1 aromatic heterocycles. The molecule has 1 amide bonds. The summed E-state index contributed by atoms with van der Waals surface area (Å²) >= 11 is 5.91. The first-order valence-corrected chi connectivity index (χ1v) is 8.40. The number of amides is 1. The van der Waals surface area contributed by atoms with Crippen molar-refractivity contribution in [3.05, 3.63) is 47.4 Å². The first-order chi connectivity index (χ1) is 11.7. The van der Waals surface area contributed by atoms with E-state index in [1.807, 2.05) is 0 Å². The van der Waals surface area contributed by atoms with Gasteiger partial charge in [-0.3, -0.25) is 4.79 Å². The van der Waals surface area contributed by atoms with Crippen LogP contribution in [-0.2, 0) is 0 Å². The van der Waals surface area contributed by atoms with Gasteiger partial charge < -0.3 is 15.1 Å². The summed E-state index contributed by atoms with van der Waals surface area (Å²) < 4.78 is 0. The van der Waals surface area contributed by atoms with Gasteiger partial charge in [-0.1, -0.05) is 24.6 Å². The number of hydrogen-bond donors (Lipinski definition) is 1. The molecule has 2 heterocycles. The van der Waals surface area contributed by atoms with Crippen molar-refractivity contribution in [2.45, 2.75) is 6.92 Å². The summed E-state index contributed by atoms with van der Waals surface area (Å²) in [5, 5.41) is 3.34. The number of rotatable bonds is 4. The number of anilines is 2. The lowest BCUT2D eigenvalue weighted by Gasteiger charge is -2.34. The van der Waals surface area contributed by atoms with Gasteiger partial charge in [0.15, 0.2) is 0 Å². The molecule has 0 aliphatic carbocycles. The van der Waals surface area contributed by atoms with E-state index in [9.17, 15) is 4.79 Å². The number of nitrogens with one attached hydrogen (secondary N) is 1. The number of halogens is 1. The van der Waals surface area contributed by atoms with Gasteiger partial charge in [0.05, 0.1) is 12.4 Å². The molecule has 1 aromatic carbocycles. The fraction of sp³-hybridized carbons (Fsp3) is 0.353. The maximum Gasteiger partial charge on any atom is 0.275 e. The summed E-state index contributed by atoms with van der Waals surface area (Å²) in [6.45, 7) is 7.14. The number of benzene rings is 1. The smallest absolute Gasteiger partial charge is 0.275 e. The molecule has 6 nitrogen and oxygen atoms in total. The number of nitrogens with zero attached hydrogens (tertiary/aromatic N) is 4. The topological polar surface area (TPSA) is 61.4 Å². The Labute approximate surface area is 146 Å². The third-order valence-corrected chi connectivity index (χ3v) is 4.33. The maximum atomic E-state index is 12.2. The number of hydrogen-bond acceptors (Lipinski definition) is 5. The van der Waals surface area contributed by atoms with Crippen molar-refractivity contribution in [1.82, 2.24) is 14.9 Å².